The second kappa shape index (κ2) is 5.48. The molecule has 1 saturated heterocycles. The van der Waals surface area contributed by atoms with Crippen molar-refractivity contribution in [2.24, 2.45) is 5.92 Å². The van der Waals surface area contributed by atoms with Crippen molar-refractivity contribution in [3.05, 3.63) is 42.1 Å². The summed E-state index contributed by atoms with van der Waals surface area (Å²) in [4.78, 5) is 13.0. The van der Waals surface area contributed by atoms with E-state index in [1.54, 1.807) is 6.07 Å². The van der Waals surface area contributed by atoms with E-state index < -0.39 is 5.97 Å². The summed E-state index contributed by atoms with van der Waals surface area (Å²) in [7, 11) is 0. The van der Waals surface area contributed by atoms with Gasteiger partial charge in [-0.1, -0.05) is 12.1 Å². The van der Waals surface area contributed by atoms with Crippen molar-refractivity contribution in [2.45, 2.75) is 19.4 Å². The number of carboxylic acids is 1. The smallest absolute Gasteiger partial charge is 0.306 e. The maximum atomic E-state index is 13.3. The Hall–Kier alpha value is -1.42. The highest BCUT2D eigenvalue weighted by atomic mass is 19.1. The van der Waals surface area contributed by atoms with Crippen molar-refractivity contribution in [3.63, 3.8) is 0 Å². The summed E-state index contributed by atoms with van der Waals surface area (Å²) in [5.74, 6) is -1.22. The Balaban J connectivity index is 1.96. The van der Waals surface area contributed by atoms with E-state index in [4.69, 9.17) is 5.11 Å². The molecule has 0 saturated carbocycles. The lowest BCUT2D eigenvalue weighted by atomic mass is 9.96. The van der Waals surface area contributed by atoms with Gasteiger partial charge < -0.3 is 5.11 Å². The zero-order valence-corrected chi connectivity index (χ0v) is 10.2. The molecule has 1 aromatic rings. The molecular weight excluding hydrogens is 233 g/mol. The fourth-order valence-corrected chi connectivity index (χ4v) is 2.33. The summed E-state index contributed by atoms with van der Waals surface area (Å²) in [6.45, 7) is 5.86. The van der Waals surface area contributed by atoms with E-state index in [0.29, 0.717) is 24.9 Å². The van der Waals surface area contributed by atoms with Crippen molar-refractivity contribution in [2.75, 3.05) is 13.1 Å². The molecule has 18 heavy (non-hydrogen) atoms. The summed E-state index contributed by atoms with van der Waals surface area (Å²) >= 11 is 0. The summed E-state index contributed by atoms with van der Waals surface area (Å²) in [5.41, 5.74) is 1.32. The number of likely N-dealkylation sites (tertiary alicyclic amines) is 1. The Kier molecular flexibility index (Phi) is 3.97. The van der Waals surface area contributed by atoms with E-state index >= 15 is 0 Å². The number of benzene rings is 1. The average molecular weight is 250 g/mol. The van der Waals surface area contributed by atoms with Gasteiger partial charge in [-0.05, 0) is 50.0 Å². The minimum Gasteiger partial charge on any atom is -0.481 e. The first-order valence-corrected chi connectivity index (χ1v) is 6.12. The van der Waals surface area contributed by atoms with Crippen LogP contribution in [0.5, 0.6) is 0 Å². The monoisotopic (exact) mass is 250 g/mol. The molecule has 1 heterocycles. The molecule has 1 radical (unpaired) electrons. The lowest BCUT2D eigenvalue weighted by Gasteiger charge is -2.30. The molecule has 0 amide bonds. The molecule has 1 aliphatic rings. The molecule has 0 bridgehead atoms. The van der Waals surface area contributed by atoms with Crippen LogP contribution in [0.15, 0.2) is 18.2 Å². The Morgan fingerprint density at radius 2 is 2.11 bits per heavy atom. The van der Waals surface area contributed by atoms with Crippen molar-refractivity contribution in [1.29, 1.82) is 0 Å². The third-order valence-electron chi connectivity index (χ3n) is 3.55. The number of nitrogens with zero attached hydrogens (tertiary/aromatic N) is 1. The summed E-state index contributed by atoms with van der Waals surface area (Å²) in [6, 6.07) is 4.96. The van der Waals surface area contributed by atoms with Crippen LogP contribution in [0.3, 0.4) is 0 Å². The van der Waals surface area contributed by atoms with Gasteiger partial charge in [-0.3, -0.25) is 9.69 Å². The summed E-state index contributed by atoms with van der Waals surface area (Å²) < 4.78 is 13.3. The first kappa shape index (κ1) is 13.0. The van der Waals surface area contributed by atoms with Crippen molar-refractivity contribution in [3.8, 4) is 0 Å². The minimum absolute atomic E-state index is 0.229. The number of carboxylic acid groups (broad SMARTS) is 1. The van der Waals surface area contributed by atoms with E-state index in [9.17, 15) is 9.18 Å². The van der Waals surface area contributed by atoms with Gasteiger partial charge in [-0.2, -0.15) is 0 Å². The molecule has 0 aromatic heterocycles. The highest BCUT2D eigenvalue weighted by Crippen LogP contribution is 2.21. The normalized spacial score (nSPS) is 17.9. The average Bonchev–Trinajstić information content (AvgIpc) is 2.36. The molecule has 4 heteroatoms. The van der Waals surface area contributed by atoms with Crippen LogP contribution in [0.4, 0.5) is 4.39 Å². The second-order valence-electron chi connectivity index (χ2n) is 4.77. The van der Waals surface area contributed by atoms with Crippen LogP contribution in [0.25, 0.3) is 0 Å². The second-order valence-corrected chi connectivity index (χ2v) is 4.77. The zero-order chi connectivity index (χ0) is 13.1. The van der Waals surface area contributed by atoms with Crippen molar-refractivity contribution < 1.29 is 14.3 Å². The molecule has 0 spiro atoms. The molecule has 2 rings (SSSR count). The largest absolute Gasteiger partial charge is 0.481 e. The van der Waals surface area contributed by atoms with Gasteiger partial charge in [0.1, 0.15) is 5.82 Å². The van der Waals surface area contributed by atoms with Gasteiger partial charge in [0.05, 0.1) is 5.92 Å². The number of rotatable bonds is 3. The van der Waals surface area contributed by atoms with E-state index in [-0.39, 0.29) is 11.7 Å². The summed E-state index contributed by atoms with van der Waals surface area (Å²) in [5, 5.41) is 8.92. The topological polar surface area (TPSA) is 40.5 Å². The number of halogens is 1. The number of hydrogen-bond acceptors (Lipinski definition) is 2. The molecule has 1 aliphatic heterocycles. The fraction of sp³-hybridized carbons (Fsp3) is 0.429. The highest BCUT2D eigenvalue weighted by Gasteiger charge is 2.24. The third-order valence-corrected chi connectivity index (χ3v) is 3.55. The Morgan fingerprint density at radius 3 is 2.72 bits per heavy atom. The van der Waals surface area contributed by atoms with Crippen LogP contribution in [0.2, 0.25) is 0 Å². The number of aliphatic carboxylic acids is 1. The lowest BCUT2D eigenvalue weighted by molar-refractivity contribution is -0.143. The van der Waals surface area contributed by atoms with Gasteiger partial charge in [0, 0.05) is 6.54 Å². The quantitative estimate of drug-likeness (QED) is 0.895. The molecule has 0 aliphatic carbocycles. The molecule has 1 N–H and O–H groups in total. The van der Waals surface area contributed by atoms with Gasteiger partial charge >= 0.3 is 5.97 Å². The van der Waals surface area contributed by atoms with Crippen molar-refractivity contribution in [1.82, 2.24) is 4.90 Å². The predicted molar refractivity (Wildman–Crippen MR) is 66.5 cm³/mol. The highest BCUT2D eigenvalue weighted by molar-refractivity contribution is 5.70. The van der Waals surface area contributed by atoms with Crippen LogP contribution in [0, 0.1) is 18.7 Å². The lowest BCUT2D eigenvalue weighted by Crippen LogP contribution is -2.36. The third kappa shape index (κ3) is 2.88. The molecule has 1 fully saturated rings. The van der Waals surface area contributed by atoms with Gasteiger partial charge in [-0.15, -0.1) is 0 Å². The molecular formula is C14H17FNO2. The van der Waals surface area contributed by atoms with Crippen LogP contribution < -0.4 is 0 Å². The van der Waals surface area contributed by atoms with Crippen LogP contribution >= 0.6 is 0 Å². The zero-order valence-electron chi connectivity index (χ0n) is 10.2. The Labute approximate surface area is 106 Å². The number of hydrogen-bond donors (Lipinski definition) is 1. The van der Waals surface area contributed by atoms with E-state index in [2.05, 4.69) is 11.8 Å². The van der Waals surface area contributed by atoms with Crippen LogP contribution in [0.1, 0.15) is 24.0 Å². The first-order chi connectivity index (χ1) is 8.58. The maximum Gasteiger partial charge on any atom is 0.306 e. The summed E-state index contributed by atoms with van der Waals surface area (Å²) in [6.07, 6.45) is 1.33. The number of piperidine rings is 1. The van der Waals surface area contributed by atoms with E-state index in [1.165, 1.54) is 6.07 Å². The van der Waals surface area contributed by atoms with Crippen LogP contribution in [-0.2, 0) is 11.3 Å². The van der Waals surface area contributed by atoms with Gasteiger partial charge in [0.2, 0.25) is 0 Å². The van der Waals surface area contributed by atoms with Gasteiger partial charge in [-0.25, -0.2) is 4.39 Å². The van der Waals surface area contributed by atoms with Crippen molar-refractivity contribution >= 4 is 5.97 Å². The van der Waals surface area contributed by atoms with Gasteiger partial charge in [0.25, 0.3) is 0 Å². The molecule has 1 aromatic carbocycles. The fourth-order valence-electron chi connectivity index (χ4n) is 2.33. The van der Waals surface area contributed by atoms with Crippen LogP contribution in [-0.4, -0.2) is 29.1 Å². The predicted octanol–water partition coefficient (Wildman–Crippen LogP) is 2.30. The Bertz CT molecular complexity index is 439. The molecule has 0 unspecified atom stereocenters. The standard InChI is InChI=1S/C14H17FNO2/c1-10-12(3-2-4-13(10)15)9-16-7-5-11(6-8-16)14(17)18/h2-4,11H,1,5-9H2,(H,17,18). The SMILES string of the molecule is [CH2]c1c(F)cccc1CN1CCC(C(=O)O)CC1. The molecule has 0 atom stereocenters. The first-order valence-electron chi connectivity index (χ1n) is 6.12. The molecule has 97 valence electrons. The Morgan fingerprint density at radius 1 is 1.44 bits per heavy atom. The minimum atomic E-state index is -0.710. The molecule has 3 nitrogen and oxygen atoms in total. The maximum absolute atomic E-state index is 13.3. The van der Waals surface area contributed by atoms with E-state index in [0.717, 1.165) is 18.7 Å². The number of carbonyl (C=O) groups is 1. The van der Waals surface area contributed by atoms with Gasteiger partial charge in [0.15, 0.2) is 0 Å². The van der Waals surface area contributed by atoms with E-state index in [1.807, 2.05) is 6.07 Å².